The van der Waals surface area contributed by atoms with Crippen LogP contribution in [-0.2, 0) is 28.4 Å². The summed E-state index contributed by atoms with van der Waals surface area (Å²) in [6.45, 7) is 14.6. The van der Waals surface area contributed by atoms with Crippen molar-refractivity contribution in [2.45, 2.75) is 54.6 Å². The fraction of sp³-hybridized carbons (Fsp3) is 0.364. The normalized spacial score (nSPS) is 12.0. The van der Waals surface area contributed by atoms with Crippen LogP contribution in [0, 0.1) is 0 Å². The maximum absolute atomic E-state index is 11.4. The number of allylic oxidation sites excluding steroid dienone is 3. The van der Waals surface area contributed by atoms with Gasteiger partial charge in [-0.15, -0.1) is 0 Å². The van der Waals surface area contributed by atoms with Crippen LogP contribution in [0.2, 0.25) is 0 Å². The average molecular weight is 595 g/mol. The van der Waals surface area contributed by atoms with Gasteiger partial charge in [0.1, 0.15) is 11.9 Å². The van der Waals surface area contributed by atoms with Gasteiger partial charge in [0.15, 0.2) is 0 Å². The molecule has 2 rings (SSSR count). The third kappa shape index (κ3) is 20.9. The van der Waals surface area contributed by atoms with Gasteiger partial charge in [-0.05, 0) is 83.7 Å². The molecule has 6 nitrogen and oxygen atoms in total. The number of hydrogen-bond acceptors (Lipinski definition) is 6. The molecule has 0 aliphatic carbocycles. The molecule has 0 heterocycles. The Hall–Kier alpha value is -2.50. The summed E-state index contributed by atoms with van der Waals surface area (Å²) < 4.78 is 21.0. The molecule has 0 N–H and O–H groups in total. The Balaban J connectivity index is -0.000000258. The van der Waals surface area contributed by atoms with E-state index in [1.165, 1.54) is 0 Å². The maximum atomic E-state index is 11.4. The van der Waals surface area contributed by atoms with E-state index in [2.05, 4.69) is 0 Å². The van der Waals surface area contributed by atoms with Crippen LogP contribution in [-0.4, -0.2) is 50.4 Å². The minimum absolute atomic E-state index is 0. The number of carbonyl (C=O) groups is 3. The summed E-state index contributed by atoms with van der Waals surface area (Å²) >= 11 is 0. The van der Waals surface area contributed by atoms with Crippen LogP contribution >= 0.6 is 7.14 Å². The molecule has 0 amide bonds. The first kappa shape index (κ1) is 43.0. The topological polar surface area (TPSA) is 86.7 Å². The van der Waals surface area contributed by atoms with Gasteiger partial charge in [0.2, 0.25) is 0 Å². The molecular formula is C33H48NaO6P. The second kappa shape index (κ2) is 24.1. The molecule has 0 aliphatic heterocycles. The first-order valence-corrected chi connectivity index (χ1v) is 15.5. The Kier molecular flexibility index (Phi) is 25.3. The van der Waals surface area contributed by atoms with E-state index in [4.69, 9.17) is 9.47 Å². The number of benzene rings is 2. The molecule has 8 heteroatoms. The van der Waals surface area contributed by atoms with Crippen molar-refractivity contribution in [3.63, 3.8) is 0 Å². The van der Waals surface area contributed by atoms with Crippen molar-refractivity contribution in [1.82, 2.24) is 0 Å². The zero-order chi connectivity index (χ0) is 29.8. The SMILES string of the molecule is C.C/C(C=O)=C\c1ccccc1.CCOC(=O)/C(C)=C/C(C)=C/c1ccccc1.CCOC(=O)C(C)P(C)(C)=O.[H-].[Na+]. The fourth-order valence-corrected chi connectivity index (χ4v) is 3.44. The second-order valence-electron chi connectivity index (χ2n) is 9.13. The standard InChI is InChI=1S/C15H18O2.C10H10O.C7H15O3P.CH4.Na.H/c1-4-17-15(16)13(3)10-12(2)11-14-8-6-5-7-9-14;1-9(8-11)7-10-5-3-2-4-6-10;1-5-10-7(8)6(2)11(3,4)9;;;/h5-11H,4H2,1-3H3;2-8H,1H3;6H,5H2,1-4H3;1H4;;/q;;;;+1;-1/b12-11+,13-10+;9-7+;;;;. The maximum Gasteiger partial charge on any atom is 1.00 e. The predicted octanol–water partition coefficient (Wildman–Crippen LogP) is 5.20. The van der Waals surface area contributed by atoms with Gasteiger partial charge >= 0.3 is 41.5 Å². The third-order valence-corrected chi connectivity index (χ3v) is 7.25. The molecule has 1 atom stereocenters. The van der Waals surface area contributed by atoms with E-state index in [0.717, 1.165) is 28.6 Å². The molecule has 0 fully saturated rings. The van der Waals surface area contributed by atoms with Gasteiger partial charge in [0.25, 0.3) is 0 Å². The molecule has 0 aromatic heterocycles. The zero-order valence-corrected chi connectivity index (χ0v) is 28.4. The van der Waals surface area contributed by atoms with Gasteiger partial charge in [-0.2, -0.15) is 0 Å². The van der Waals surface area contributed by atoms with Crippen molar-refractivity contribution in [3.05, 3.63) is 94.6 Å². The van der Waals surface area contributed by atoms with Crippen LogP contribution in [0.4, 0.5) is 0 Å². The molecular weight excluding hydrogens is 546 g/mol. The van der Waals surface area contributed by atoms with Crippen LogP contribution in [0.25, 0.3) is 12.2 Å². The van der Waals surface area contributed by atoms with Crippen LogP contribution in [0.3, 0.4) is 0 Å². The van der Waals surface area contributed by atoms with Gasteiger partial charge in [-0.3, -0.25) is 9.59 Å². The van der Waals surface area contributed by atoms with Crippen molar-refractivity contribution < 1.29 is 59.4 Å². The van der Waals surface area contributed by atoms with E-state index < -0.39 is 12.8 Å². The number of carbonyl (C=O) groups excluding carboxylic acids is 3. The van der Waals surface area contributed by atoms with Gasteiger partial charge in [0.05, 0.1) is 20.4 Å². The quantitative estimate of drug-likeness (QED) is 0.0991. The first-order valence-electron chi connectivity index (χ1n) is 12.8. The monoisotopic (exact) mass is 594 g/mol. The summed E-state index contributed by atoms with van der Waals surface area (Å²) in [5, 5.41) is 0. The van der Waals surface area contributed by atoms with E-state index in [1.807, 2.05) is 85.8 Å². The molecule has 2 aromatic carbocycles. The molecule has 0 saturated heterocycles. The molecule has 1 unspecified atom stereocenters. The van der Waals surface area contributed by atoms with Crippen LogP contribution in [0.1, 0.15) is 61.5 Å². The Morgan fingerprint density at radius 2 is 1.24 bits per heavy atom. The Morgan fingerprint density at radius 3 is 1.61 bits per heavy atom. The number of rotatable bonds is 9. The smallest absolute Gasteiger partial charge is 1.00 e. The Labute approximate surface area is 271 Å². The second-order valence-corrected chi connectivity index (χ2v) is 12.8. The van der Waals surface area contributed by atoms with Gasteiger partial charge in [-0.25, -0.2) is 4.79 Å². The van der Waals surface area contributed by atoms with Crippen molar-refractivity contribution in [1.29, 1.82) is 0 Å². The Morgan fingerprint density at radius 1 is 0.829 bits per heavy atom. The summed E-state index contributed by atoms with van der Waals surface area (Å²) in [6.07, 6.45) is 6.58. The van der Waals surface area contributed by atoms with E-state index in [9.17, 15) is 18.9 Å². The number of aldehydes is 1. The van der Waals surface area contributed by atoms with Gasteiger partial charge in [0, 0.05) is 5.57 Å². The molecule has 222 valence electrons. The number of hydrogen-bond donors (Lipinski definition) is 0. The summed E-state index contributed by atoms with van der Waals surface area (Å²) in [5.74, 6) is -0.617. The van der Waals surface area contributed by atoms with E-state index >= 15 is 0 Å². The van der Waals surface area contributed by atoms with Crippen LogP contribution in [0.15, 0.2) is 83.5 Å². The summed E-state index contributed by atoms with van der Waals surface area (Å²) in [7, 11) is -2.32. The summed E-state index contributed by atoms with van der Waals surface area (Å²) in [6, 6.07) is 19.8. The van der Waals surface area contributed by atoms with Crippen molar-refractivity contribution in [2.75, 3.05) is 26.5 Å². The molecule has 2 aromatic rings. The number of esters is 2. The van der Waals surface area contributed by atoms with Gasteiger partial charge < -0.3 is 15.5 Å². The Bertz CT molecular complexity index is 1170. The minimum Gasteiger partial charge on any atom is -1.00 e. The molecule has 0 spiro atoms. The van der Waals surface area contributed by atoms with E-state index in [1.54, 1.807) is 47.9 Å². The summed E-state index contributed by atoms with van der Waals surface area (Å²) in [5.41, 5.74) is 4.12. The van der Waals surface area contributed by atoms with E-state index in [0.29, 0.717) is 18.8 Å². The van der Waals surface area contributed by atoms with Crippen molar-refractivity contribution in [2.24, 2.45) is 0 Å². The molecule has 0 radical (unpaired) electrons. The fourth-order valence-electron chi connectivity index (χ4n) is 2.86. The van der Waals surface area contributed by atoms with Crippen LogP contribution in [0.5, 0.6) is 0 Å². The average Bonchev–Trinajstić information content (AvgIpc) is 2.89. The van der Waals surface area contributed by atoms with Gasteiger partial charge in [-0.1, -0.05) is 79.7 Å². The largest absolute Gasteiger partial charge is 1.00 e. The first-order chi connectivity index (χ1) is 18.3. The summed E-state index contributed by atoms with van der Waals surface area (Å²) in [4.78, 5) is 32.6. The molecule has 0 bridgehead atoms. The van der Waals surface area contributed by atoms with Crippen molar-refractivity contribution in [3.8, 4) is 0 Å². The molecule has 41 heavy (non-hydrogen) atoms. The molecule has 0 saturated carbocycles. The third-order valence-electron chi connectivity index (χ3n) is 5.18. The predicted molar refractivity (Wildman–Crippen MR) is 170 cm³/mol. The van der Waals surface area contributed by atoms with E-state index in [-0.39, 0.29) is 50.3 Å². The molecule has 0 aliphatic rings. The number of ether oxygens (including phenoxy) is 2. The van der Waals surface area contributed by atoms with Crippen molar-refractivity contribution >= 4 is 37.5 Å². The van der Waals surface area contributed by atoms with Crippen LogP contribution < -0.4 is 29.6 Å². The minimum atomic E-state index is -2.32. The zero-order valence-electron chi connectivity index (χ0n) is 26.5.